The molecule has 45 heavy (non-hydrogen) atoms. The number of carbonyl (C=O) groups excluding carboxylic acids is 3. The minimum atomic E-state index is -0.821. The third-order valence-electron chi connectivity index (χ3n) is 6.94. The number of hydrogen-bond acceptors (Lipinski definition) is 8. The molecule has 11 nitrogen and oxygen atoms in total. The van der Waals surface area contributed by atoms with Gasteiger partial charge < -0.3 is 30.1 Å². The van der Waals surface area contributed by atoms with Crippen molar-refractivity contribution in [3.63, 3.8) is 0 Å². The Morgan fingerprint density at radius 2 is 1.71 bits per heavy atom. The van der Waals surface area contributed by atoms with Crippen LogP contribution >= 0.6 is 11.3 Å². The Morgan fingerprint density at radius 1 is 1.02 bits per heavy atom. The van der Waals surface area contributed by atoms with Crippen LogP contribution in [0.3, 0.4) is 0 Å². The number of hydrogen-bond donors (Lipinski definition) is 3. The van der Waals surface area contributed by atoms with E-state index in [2.05, 4.69) is 15.6 Å². The Balaban J connectivity index is 0.00000230. The maximum Gasteiger partial charge on any atom is 0.410 e. The molecule has 3 N–H and O–H groups in total. The van der Waals surface area contributed by atoms with Crippen LogP contribution in [0.15, 0.2) is 66.9 Å². The van der Waals surface area contributed by atoms with Gasteiger partial charge in [-0.15, -0.1) is 11.3 Å². The number of benzene rings is 2. The molecule has 4 heterocycles. The topological polar surface area (TPSA) is 133 Å². The highest BCUT2D eigenvalue weighted by atomic mass is 32.1. The predicted molar refractivity (Wildman–Crippen MR) is 177 cm³/mol. The predicted octanol–water partition coefficient (Wildman–Crippen LogP) is 7.14. The van der Waals surface area contributed by atoms with Crippen LogP contribution in [0.25, 0.3) is 10.2 Å². The summed E-state index contributed by atoms with van der Waals surface area (Å²) in [6.07, 6.45) is 0.509. The molecule has 2 atom stereocenters. The molecule has 1 saturated heterocycles. The molecule has 4 amide bonds. The summed E-state index contributed by atoms with van der Waals surface area (Å²) < 4.78 is 11.3. The first-order valence-corrected chi connectivity index (χ1v) is 14.7. The van der Waals surface area contributed by atoms with Crippen molar-refractivity contribution in [3.05, 3.63) is 71.7 Å². The summed E-state index contributed by atoms with van der Waals surface area (Å²) in [4.78, 5) is 47.9. The molecular formula is C33H39N5O6S. The number of amides is 4. The Labute approximate surface area is 266 Å². The summed E-state index contributed by atoms with van der Waals surface area (Å²) >= 11 is 1.17. The third kappa shape index (κ3) is 7.02. The normalized spacial score (nSPS) is 17.5. The number of nitrogens with zero attached hydrogens (tertiary/aromatic N) is 3. The van der Waals surface area contributed by atoms with Crippen LogP contribution in [0.4, 0.5) is 26.7 Å². The van der Waals surface area contributed by atoms with E-state index in [1.807, 2.05) is 30.3 Å². The number of pyridine rings is 1. The zero-order valence-electron chi connectivity index (χ0n) is 23.9. The summed E-state index contributed by atoms with van der Waals surface area (Å²) in [5, 5.41) is 16.9. The first kappa shape index (κ1) is 33.2. The van der Waals surface area contributed by atoms with Crippen LogP contribution < -0.4 is 20.3 Å². The average Bonchev–Trinajstić information content (AvgIpc) is 3.33. The lowest BCUT2D eigenvalue weighted by molar-refractivity contribution is -0.00215. The third-order valence-corrected chi connectivity index (χ3v) is 8.04. The van der Waals surface area contributed by atoms with Gasteiger partial charge in [0.05, 0.1) is 35.1 Å². The zero-order chi connectivity index (χ0) is 30.3. The van der Waals surface area contributed by atoms with E-state index < -0.39 is 35.8 Å². The second-order valence-electron chi connectivity index (χ2n) is 11.4. The molecule has 12 heteroatoms. The molecule has 1 fully saturated rings. The summed E-state index contributed by atoms with van der Waals surface area (Å²) in [6.45, 7) is 5.61. The number of aromatic nitrogens is 1. The molecular weight excluding hydrogens is 594 g/mol. The number of anilines is 3. The average molecular weight is 634 g/mol. The minimum Gasteiger partial charge on any atom is -0.457 e. The second-order valence-corrected chi connectivity index (χ2v) is 12.4. The van der Waals surface area contributed by atoms with E-state index in [1.54, 1.807) is 57.3 Å². The molecule has 2 aromatic carbocycles. The van der Waals surface area contributed by atoms with E-state index in [1.165, 1.54) is 21.1 Å². The molecule has 2 aromatic heterocycles. The number of aliphatic hydroxyl groups excluding tert-OH is 1. The minimum absolute atomic E-state index is 0. The van der Waals surface area contributed by atoms with Crippen LogP contribution in [0.5, 0.6) is 11.5 Å². The van der Waals surface area contributed by atoms with Gasteiger partial charge >= 0.3 is 12.1 Å². The van der Waals surface area contributed by atoms with E-state index in [9.17, 15) is 19.5 Å². The monoisotopic (exact) mass is 633 g/mol. The van der Waals surface area contributed by atoms with E-state index in [0.717, 1.165) is 0 Å². The van der Waals surface area contributed by atoms with Crippen LogP contribution in [0.2, 0.25) is 0 Å². The lowest BCUT2D eigenvalue weighted by Crippen LogP contribution is -2.55. The Hall–Kier alpha value is -4.68. The number of nitrogens with one attached hydrogen (secondary N) is 2. The number of urea groups is 1. The van der Waals surface area contributed by atoms with Crippen LogP contribution in [-0.4, -0.2) is 63.9 Å². The van der Waals surface area contributed by atoms with Crippen LogP contribution in [-0.2, 0) is 4.74 Å². The number of aliphatic hydroxyl groups is 1. The molecule has 6 rings (SSSR count). The van der Waals surface area contributed by atoms with Gasteiger partial charge in [-0.1, -0.05) is 33.1 Å². The SMILES string of the molecule is C.C.CC(C)(C)OC(=O)N1C[C@H](O)C[C@@H](NC(=O)c2sc3nccc4c3c2NC(=O)N4c2ccc(Oc3ccccc3)cc2)C1. The fourth-order valence-corrected chi connectivity index (χ4v) is 6.21. The molecule has 238 valence electrons. The summed E-state index contributed by atoms with van der Waals surface area (Å²) in [7, 11) is 0. The number of likely N-dealkylation sites (tertiary alicyclic amines) is 1. The highest BCUT2D eigenvalue weighted by molar-refractivity contribution is 7.21. The van der Waals surface area contributed by atoms with Gasteiger partial charge in [0, 0.05) is 18.8 Å². The number of rotatable bonds is 5. The molecule has 2 aliphatic heterocycles. The highest BCUT2D eigenvalue weighted by Crippen LogP contribution is 2.46. The number of thiophene rings is 1. The van der Waals surface area contributed by atoms with Gasteiger partial charge in [-0.25, -0.2) is 14.6 Å². The van der Waals surface area contributed by atoms with E-state index in [-0.39, 0.29) is 34.4 Å². The van der Waals surface area contributed by atoms with Crippen LogP contribution in [0, 0.1) is 0 Å². The van der Waals surface area contributed by atoms with Crippen molar-refractivity contribution in [1.29, 1.82) is 0 Å². The Morgan fingerprint density at radius 3 is 2.40 bits per heavy atom. The Kier molecular flexibility index (Phi) is 9.69. The molecule has 0 spiro atoms. The van der Waals surface area contributed by atoms with Gasteiger partial charge in [-0.2, -0.15) is 0 Å². The summed E-state index contributed by atoms with van der Waals surface area (Å²) in [5.74, 6) is 0.902. The number of β-amino-alcohol motifs (C(OH)–C–C–N with tert-alkyl or cyclic N) is 1. The van der Waals surface area contributed by atoms with Crippen molar-refractivity contribution in [1.82, 2.24) is 15.2 Å². The number of carbonyl (C=O) groups is 3. The molecule has 0 unspecified atom stereocenters. The van der Waals surface area contributed by atoms with Crippen molar-refractivity contribution in [2.75, 3.05) is 23.3 Å². The number of para-hydroxylation sites is 1. The van der Waals surface area contributed by atoms with Gasteiger partial charge in [0.25, 0.3) is 5.91 Å². The fourth-order valence-electron chi connectivity index (χ4n) is 5.19. The van der Waals surface area contributed by atoms with Gasteiger partial charge in [-0.3, -0.25) is 9.69 Å². The van der Waals surface area contributed by atoms with Crippen molar-refractivity contribution >= 4 is 56.6 Å². The maximum atomic E-state index is 13.5. The fraction of sp³-hybridized carbons (Fsp3) is 0.333. The van der Waals surface area contributed by atoms with Crippen LogP contribution in [0.1, 0.15) is 51.7 Å². The lowest BCUT2D eigenvalue weighted by Gasteiger charge is -2.36. The second kappa shape index (κ2) is 13.1. The van der Waals surface area contributed by atoms with Crippen molar-refractivity contribution in [2.45, 2.75) is 59.8 Å². The largest absolute Gasteiger partial charge is 0.457 e. The lowest BCUT2D eigenvalue weighted by atomic mass is 10.0. The zero-order valence-corrected chi connectivity index (χ0v) is 24.7. The van der Waals surface area contributed by atoms with Crippen molar-refractivity contribution in [2.24, 2.45) is 0 Å². The molecule has 0 aliphatic carbocycles. The quantitative estimate of drug-likeness (QED) is 0.213. The van der Waals surface area contributed by atoms with Crippen molar-refractivity contribution in [3.8, 4) is 11.5 Å². The van der Waals surface area contributed by atoms with Gasteiger partial charge in [0.2, 0.25) is 0 Å². The van der Waals surface area contributed by atoms with E-state index in [0.29, 0.717) is 43.7 Å². The van der Waals surface area contributed by atoms with Gasteiger partial charge in [0.15, 0.2) is 0 Å². The molecule has 4 aromatic rings. The summed E-state index contributed by atoms with van der Waals surface area (Å²) in [5.41, 5.74) is 0.908. The molecule has 0 radical (unpaired) electrons. The van der Waals surface area contributed by atoms with Crippen molar-refractivity contribution < 1.29 is 29.0 Å². The standard InChI is InChI=1S/C31H31N5O6S.2CH4/c1-31(2,3)42-30(40)35-16-18(15-20(37)17-35)33-27(38)26-25-24-23(13-14-32-28(24)43-26)36(29(39)34-25)19-9-11-22(12-10-19)41-21-7-5-4-6-8-21;;/h4-14,18,20,37H,15-17H2,1-3H3,(H,33,38)(H,34,39);2*1H4/t18-,20-;;/m1../s1. The first-order valence-electron chi connectivity index (χ1n) is 13.9. The Bertz CT molecular complexity index is 1690. The number of piperidine rings is 1. The molecule has 0 bridgehead atoms. The van der Waals surface area contributed by atoms with Gasteiger partial charge in [-0.05, 0) is 69.7 Å². The number of ether oxygens (including phenoxy) is 2. The first-order chi connectivity index (χ1) is 20.6. The highest BCUT2D eigenvalue weighted by Gasteiger charge is 2.36. The molecule has 2 aliphatic rings. The maximum absolute atomic E-state index is 13.5. The van der Waals surface area contributed by atoms with E-state index in [4.69, 9.17) is 9.47 Å². The van der Waals surface area contributed by atoms with Gasteiger partial charge in [0.1, 0.15) is 26.8 Å². The molecule has 0 saturated carbocycles. The smallest absolute Gasteiger partial charge is 0.410 e. The van der Waals surface area contributed by atoms with E-state index >= 15 is 0 Å². The summed E-state index contributed by atoms with van der Waals surface area (Å²) in [6, 6.07) is 17.4.